The van der Waals surface area contributed by atoms with E-state index in [-0.39, 0.29) is 17.9 Å². The molecule has 2 aliphatic heterocycles. The molecule has 2 fully saturated rings. The van der Waals surface area contributed by atoms with E-state index in [9.17, 15) is 9.59 Å². The predicted molar refractivity (Wildman–Crippen MR) is 119 cm³/mol. The molecule has 3 heterocycles. The molecule has 3 aromatic rings. The lowest BCUT2D eigenvalue weighted by atomic mass is 10.0. The summed E-state index contributed by atoms with van der Waals surface area (Å²) in [5, 5.41) is 0.982. The van der Waals surface area contributed by atoms with E-state index < -0.39 is 0 Å². The summed E-state index contributed by atoms with van der Waals surface area (Å²) in [4.78, 5) is 33.8. The Morgan fingerprint density at radius 2 is 1.65 bits per heavy atom. The molecular weight excluding hydrogens is 388 g/mol. The number of nitrogens with two attached hydrogens (primary N) is 1. The normalized spacial score (nSPS) is 21.9. The van der Waals surface area contributed by atoms with Crippen molar-refractivity contribution in [2.75, 3.05) is 26.2 Å². The van der Waals surface area contributed by atoms with Gasteiger partial charge in [-0.3, -0.25) is 19.5 Å². The summed E-state index contributed by atoms with van der Waals surface area (Å²) in [5.41, 5.74) is 8.12. The lowest BCUT2D eigenvalue weighted by Gasteiger charge is -2.29. The topological polar surface area (TPSA) is 79.5 Å². The molecule has 3 atom stereocenters. The van der Waals surface area contributed by atoms with Gasteiger partial charge in [-0.15, -0.1) is 0 Å². The summed E-state index contributed by atoms with van der Waals surface area (Å²) in [5.74, 6) is 0.588. The van der Waals surface area contributed by atoms with Gasteiger partial charge in [0.1, 0.15) is 0 Å². The van der Waals surface area contributed by atoms with Crippen molar-refractivity contribution in [1.29, 1.82) is 0 Å². The van der Waals surface area contributed by atoms with E-state index in [2.05, 4.69) is 22.0 Å². The molecule has 2 saturated heterocycles. The Hall–Kier alpha value is -3.25. The highest BCUT2D eigenvalue weighted by Crippen LogP contribution is 2.37. The Labute approximate surface area is 181 Å². The molecule has 1 aromatic heterocycles. The minimum atomic E-state index is -0.286. The van der Waals surface area contributed by atoms with Gasteiger partial charge in [-0.1, -0.05) is 48.5 Å². The standard InChI is InChI=1S/C25H26N4O2/c26-23(30)12-22(17-6-2-1-3-7-17)28-13-19-15-29(16-20(19)14-28)25(31)21-10-4-8-18-9-5-11-27-24(18)21/h1-11,19-20,22H,12-16H2,(H2,26,30)/t19?,20?,22-/m0/s1. The minimum absolute atomic E-state index is 0.00396. The Balaban J connectivity index is 1.31. The number of primary amides is 1. The largest absolute Gasteiger partial charge is 0.370 e. The van der Waals surface area contributed by atoms with Crippen molar-refractivity contribution >= 4 is 22.7 Å². The molecule has 0 bridgehead atoms. The summed E-state index contributed by atoms with van der Waals surface area (Å²) in [6, 6.07) is 19.7. The number of rotatable bonds is 5. The summed E-state index contributed by atoms with van der Waals surface area (Å²) in [6.07, 6.45) is 2.05. The molecule has 2 unspecified atom stereocenters. The molecule has 2 N–H and O–H groups in total. The number of likely N-dealkylation sites (tertiary alicyclic amines) is 2. The molecule has 6 nitrogen and oxygen atoms in total. The number of aromatic nitrogens is 1. The van der Waals surface area contributed by atoms with E-state index in [1.807, 2.05) is 53.4 Å². The summed E-state index contributed by atoms with van der Waals surface area (Å²) in [7, 11) is 0. The fourth-order valence-corrected chi connectivity index (χ4v) is 5.22. The number of para-hydroxylation sites is 1. The highest BCUT2D eigenvalue weighted by molar-refractivity contribution is 6.05. The van der Waals surface area contributed by atoms with Crippen molar-refractivity contribution < 1.29 is 9.59 Å². The third-order valence-corrected chi connectivity index (χ3v) is 6.68. The number of hydrogen-bond acceptors (Lipinski definition) is 4. The zero-order valence-electron chi connectivity index (χ0n) is 17.4. The summed E-state index contributed by atoms with van der Waals surface area (Å²) in [6.45, 7) is 3.22. The summed E-state index contributed by atoms with van der Waals surface area (Å²) < 4.78 is 0. The van der Waals surface area contributed by atoms with E-state index in [1.165, 1.54) is 0 Å². The predicted octanol–water partition coefficient (Wildman–Crippen LogP) is 2.86. The number of benzene rings is 2. The van der Waals surface area contributed by atoms with Gasteiger partial charge >= 0.3 is 0 Å². The van der Waals surface area contributed by atoms with Crippen LogP contribution < -0.4 is 5.73 Å². The van der Waals surface area contributed by atoms with Crippen LogP contribution in [-0.2, 0) is 4.79 Å². The average Bonchev–Trinajstić information content (AvgIpc) is 3.36. The first-order chi connectivity index (χ1) is 15.1. The van der Waals surface area contributed by atoms with Gasteiger partial charge in [0.25, 0.3) is 5.91 Å². The second-order valence-corrected chi connectivity index (χ2v) is 8.66. The van der Waals surface area contributed by atoms with Gasteiger partial charge in [0.2, 0.25) is 5.91 Å². The van der Waals surface area contributed by atoms with Crippen molar-refractivity contribution in [3.05, 3.63) is 78.0 Å². The maximum absolute atomic E-state index is 13.3. The monoisotopic (exact) mass is 414 g/mol. The van der Waals surface area contributed by atoms with Crippen LogP contribution in [0.3, 0.4) is 0 Å². The summed E-state index contributed by atoms with van der Waals surface area (Å²) >= 11 is 0. The highest BCUT2D eigenvalue weighted by atomic mass is 16.2. The number of amides is 2. The van der Waals surface area contributed by atoms with Crippen LogP contribution in [0.15, 0.2) is 66.9 Å². The van der Waals surface area contributed by atoms with Crippen molar-refractivity contribution in [1.82, 2.24) is 14.8 Å². The molecule has 5 rings (SSSR count). The molecule has 31 heavy (non-hydrogen) atoms. The van der Waals surface area contributed by atoms with E-state index in [1.54, 1.807) is 6.20 Å². The van der Waals surface area contributed by atoms with Gasteiger partial charge in [0.15, 0.2) is 0 Å². The molecule has 0 spiro atoms. The lowest BCUT2D eigenvalue weighted by Crippen LogP contribution is -2.36. The average molecular weight is 415 g/mol. The van der Waals surface area contributed by atoms with Gasteiger partial charge in [-0.2, -0.15) is 0 Å². The molecule has 2 aliphatic rings. The van der Waals surface area contributed by atoms with Crippen LogP contribution >= 0.6 is 0 Å². The van der Waals surface area contributed by atoms with Crippen LogP contribution in [0.25, 0.3) is 10.9 Å². The first kappa shape index (κ1) is 19.7. The van der Waals surface area contributed by atoms with Crippen LogP contribution in [0.1, 0.15) is 28.4 Å². The Kier molecular flexibility index (Phi) is 5.16. The van der Waals surface area contributed by atoms with Crippen molar-refractivity contribution in [3.63, 3.8) is 0 Å². The van der Waals surface area contributed by atoms with E-state index in [4.69, 9.17) is 5.73 Å². The zero-order valence-corrected chi connectivity index (χ0v) is 17.4. The number of fused-ring (bicyclic) bond motifs is 2. The zero-order chi connectivity index (χ0) is 21.4. The van der Waals surface area contributed by atoms with E-state index in [0.29, 0.717) is 23.8 Å². The SMILES string of the molecule is NC(=O)C[C@@H](c1ccccc1)N1CC2CN(C(=O)c3cccc4cccnc34)CC2C1. The van der Waals surface area contributed by atoms with E-state index in [0.717, 1.165) is 42.6 Å². The van der Waals surface area contributed by atoms with Gasteiger partial charge in [0, 0.05) is 50.2 Å². The smallest absolute Gasteiger partial charge is 0.256 e. The lowest BCUT2D eigenvalue weighted by molar-refractivity contribution is -0.119. The molecule has 0 saturated carbocycles. The Morgan fingerprint density at radius 3 is 2.35 bits per heavy atom. The second kappa shape index (κ2) is 8.12. The van der Waals surface area contributed by atoms with Gasteiger partial charge in [0.05, 0.1) is 11.1 Å². The number of carbonyl (C=O) groups is 2. The van der Waals surface area contributed by atoms with Crippen LogP contribution in [-0.4, -0.2) is 52.8 Å². The Bertz CT molecular complexity index is 1100. The first-order valence-corrected chi connectivity index (χ1v) is 10.8. The van der Waals surface area contributed by atoms with E-state index >= 15 is 0 Å². The maximum Gasteiger partial charge on any atom is 0.256 e. The van der Waals surface area contributed by atoms with Crippen LogP contribution in [0.4, 0.5) is 0 Å². The third-order valence-electron chi connectivity index (χ3n) is 6.68. The first-order valence-electron chi connectivity index (χ1n) is 10.8. The molecule has 2 aromatic carbocycles. The fraction of sp³-hybridized carbons (Fsp3) is 0.320. The van der Waals surface area contributed by atoms with Gasteiger partial charge < -0.3 is 10.6 Å². The highest BCUT2D eigenvalue weighted by Gasteiger charge is 2.44. The quantitative estimate of drug-likeness (QED) is 0.696. The minimum Gasteiger partial charge on any atom is -0.370 e. The van der Waals surface area contributed by atoms with Gasteiger partial charge in [-0.05, 0) is 29.5 Å². The molecule has 158 valence electrons. The van der Waals surface area contributed by atoms with Crippen molar-refractivity contribution in [2.24, 2.45) is 17.6 Å². The maximum atomic E-state index is 13.3. The number of nitrogens with zero attached hydrogens (tertiary/aromatic N) is 3. The number of hydrogen-bond donors (Lipinski definition) is 1. The van der Waals surface area contributed by atoms with Crippen LogP contribution in [0.2, 0.25) is 0 Å². The number of pyridine rings is 1. The molecule has 6 heteroatoms. The van der Waals surface area contributed by atoms with Crippen LogP contribution in [0, 0.1) is 11.8 Å². The third kappa shape index (κ3) is 3.79. The number of carbonyl (C=O) groups excluding carboxylic acids is 2. The van der Waals surface area contributed by atoms with Crippen LogP contribution in [0.5, 0.6) is 0 Å². The molecule has 0 radical (unpaired) electrons. The second-order valence-electron chi connectivity index (χ2n) is 8.66. The van der Waals surface area contributed by atoms with Crippen molar-refractivity contribution in [2.45, 2.75) is 12.5 Å². The molecule has 0 aliphatic carbocycles. The Morgan fingerprint density at radius 1 is 0.935 bits per heavy atom. The van der Waals surface area contributed by atoms with Gasteiger partial charge in [-0.25, -0.2) is 0 Å². The molecular formula is C25H26N4O2. The van der Waals surface area contributed by atoms with Crippen molar-refractivity contribution in [3.8, 4) is 0 Å². The molecule has 2 amide bonds. The fourth-order valence-electron chi connectivity index (χ4n) is 5.22.